The van der Waals surface area contributed by atoms with Gasteiger partial charge in [-0.15, -0.1) is 0 Å². The van der Waals surface area contributed by atoms with Crippen molar-refractivity contribution in [1.29, 1.82) is 5.26 Å². The molecule has 92 valence electrons. The number of halogens is 1. The van der Waals surface area contributed by atoms with Crippen LogP contribution in [0.3, 0.4) is 0 Å². The molecule has 19 heavy (non-hydrogen) atoms. The van der Waals surface area contributed by atoms with Crippen molar-refractivity contribution in [3.05, 3.63) is 77.1 Å². The zero-order valence-electron chi connectivity index (χ0n) is 10.0. The third kappa shape index (κ3) is 2.93. The first-order valence-electron chi connectivity index (χ1n) is 5.68. The molecule has 0 N–H and O–H groups in total. The molecule has 3 heteroatoms. The Morgan fingerprint density at radius 1 is 1.05 bits per heavy atom. The van der Waals surface area contributed by atoms with Gasteiger partial charge in [-0.05, 0) is 12.1 Å². The summed E-state index contributed by atoms with van der Waals surface area (Å²) >= 11 is 0. The molecule has 0 aliphatic carbocycles. The van der Waals surface area contributed by atoms with Crippen LogP contribution >= 0.6 is 0 Å². The highest BCUT2D eigenvalue weighted by Crippen LogP contribution is 2.14. The van der Waals surface area contributed by atoms with Gasteiger partial charge in [0.25, 0.3) is 0 Å². The van der Waals surface area contributed by atoms with Gasteiger partial charge in [-0.25, -0.2) is 4.39 Å². The maximum Gasteiger partial charge on any atom is 0.203 e. The lowest BCUT2D eigenvalue weighted by molar-refractivity contribution is 0.104. The lowest BCUT2D eigenvalue weighted by Crippen LogP contribution is -2.01. The van der Waals surface area contributed by atoms with Gasteiger partial charge in [-0.2, -0.15) is 5.26 Å². The molecule has 2 aromatic rings. The molecule has 0 saturated heterocycles. The van der Waals surface area contributed by atoms with Gasteiger partial charge in [0.05, 0.1) is 0 Å². The van der Waals surface area contributed by atoms with Crippen molar-refractivity contribution in [2.45, 2.75) is 0 Å². The highest BCUT2D eigenvalue weighted by atomic mass is 19.1. The van der Waals surface area contributed by atoms with Gasteiger partial charge in [0.15, 0.2) is 0 Å². The fourth-order valence-corrected chi connectivity index (χ4v) is 1.64. The molecule has 2 rings (SSSR count). The smallest absolute Gasteiger partial charge is 0.203 e. The Balaban J connectivity index is 2.39. The number of rotatable bonds is 3. The Kier molecular flexibility index (Phi) is 3.84. The van der Waals surface area contributed by atoms with E-state index in [0.717, 1.165) is 0 Å². The first-order valence-corrected chi connectivity index (χ1v) is 5.68. The molecule has 0 unspecified atom stereocenters. The molecule has 0 aliphatic heterocycles. The maximum atomic E-state index is 13.5. The summed E-state index contributed by atoms with van der Waals surface area (Å²) in [5.74, 6) is -0.873. The van der Waals surface area contributed by atoms with E-state index in [0.29, 0.717) is 5.56 Å². The van der Waals surface area contributed by atoms with Crippen LogP contribution in [0.1, 0.15) is 15.9 Å². The molecule has 0 bridgehead atoms. The predicted molar refractivity (Wildman–Crippen MR) is 70.8 cm³/mol. The van der Waals surface area contributed by atoms with E-state index >= 15 is 0 Å². The van der Waals surface area contributed by atoms with Crippen LogP contribution < -0.4 is 0 Å². The second-order valence-corrected chi connectivity index (χ2v) is 3.89. The van der Waals surface area contributed by atoms with E-state index in [-0.39, 0.29) is 11.1 Å². The Morgan fingerprint density at radius 3 is 2.32 bits per heavy atom. The number of hydrogen-bond acceptors (Lipinski definition) is 2. The molecule has 2 aromatic carbocycles. The molecule has 0 atom stereocenters. The van der Waals surface area contributed by atoms with Crippen molar-refractivity contribution < 1.29 is 9.18 Å². The maximum absolute atomic E-state index is 13.5. The minimum atomic E-state index is -0.462. The Morgan fingerprint density at radius 2 is 1.68 bits per heavy atom. The minimum absolute atomic E-state index is 0.0868. The van der Waals surface area contributed by atoms with Gasteiger partial charge in [0.1, 0.15) is 17.5 Å². The van der Waals surface area contributed by atoms with Gasteiger partial charge in [0, 0.05) is 11.1 Å². The van der Waals surface area contributed by atoms with Crippen LogP contribution in [-0.2, 0) is 0 Å². The summed E-state index contributed by atoms with van der Waals surface area (Å²) in [6.07, 6.45) is 1.27. The number of Topliss-reactive ketones (excluding diaryl/α,β-unsaturated/α-hetero) is 1. The van der Waals surface area contributed by atoms with Crippen molar-refractivity contribution in [2.24, 2.45) is 0 Å². The van der Waals surface area contributed by atoms with Crippen LogP contribution in [0.2, 0.25) is 0 Å². The van der Waals surface area contributed by atoms with E-state index in [2.05, 4.69) is 0 Å². The summed E-state index contributed by atoms with van der Waals surface area (Å²) < 4.78 is 13.5. The van der Waals surface area contributed by atoms with Gasteiger partial charge in [-0.3, -0.25) is 4.79 Å². The number of nitrogens with zero attached hydrogens (tertiary/aromatic N) is 1. The van der Waals surface area contributed by atoms with Crippen LogP contribution in [0.4, 0.5) is 4.39 Å². The molecule has 0 radical (unpaired) electrons. The van der Waals surface area contributed by atoms with Gasteiger partial charge >= 0.3 is 0 Å². The van der Waals surface area contributed by atoms with Gasteiger partial charge in [0.2, 0.25) is 5.78 Å². The molecular weight excluding hydrogens is 241 g/mol. The number of ketones is 1. The summed E-state index contributed by atoms with van der Waals surface area (Å²) in [5, 5.41) is 9.05. The molecule has 0 fully saturated rings. The number of benzene rings is 2. The molecular formula is C16H10FNO. The van der Waals surface area contributed by atoms with E-state index in [9.17, 15) is 9.18 Å². The van der Waals surface area contributed by atoms with Gasteiger partial charge < -0.3 is 0 Å². The molecule has 0 aromatic heterocycles. The van der Waals surface area contributed by atoms with Crippen LogP contribution in [0.25, 0.3) is 6.08 Å². The molecule has 0 heterocycles. The van der Waals surface area contributed by atoms with Crippen molar-refractivity contribution >= 4 is 11.9 Å². The quantitative estimate of drug-likeness (QED) is 0.475. The van der Waals surface area contributed by atoms with Crippen molar-refractivity contribution in [3.63, 3.8) is 0 Å². The van der Waals surface area contributed by atoms with Crippen LogP contribution in [-0.4, -0.2) is 5.78 Å². The van der Waals surface area contributed by atoms with E-state index in [1.54, 1.807) is 42.5 Å². The number of hydrogen-bond donors (Lipinski definition) is 0. The van der Waals surface area contributed by atoms with Crippen molar-refractivity contribution in [1.82, 2.24) is 0 Å². The number of carbonyl (C=O) groups excluding carboxylic acids is 1. The normalized spacial score (nSPS) is 10.8. The lowest BCUT2D eigenvalue weighted by atomic mass is 10.0. The first-order chi connectivity index (χ1) is 9.22. The highest BCUT2D eigenvalue weighted by molar-refractivity contribution is 6.14. The Hall–Kier alpha value is -2.73. The molecule has 0 amide bonds. The third-order valence-electron chi connectivity index (χ3n) is 2.61. The van der Waals surface area contributed by atoms with Crippen molar-refractivity contribution in [2.75, 3.05) is 0 Å². The standard InChI is InChI=1S/C16H10FNO/c17-15-9-5-4-8-13(15)10-14(11-18)16(19)12-6-2-1-3-7-12/h1-10H/b14-10-. The topological polar surface area (TPSA) is 40.9 Å². The van der Waals surface area contributed by atoms with Crippen LogP contribution in [0, 0.1) is 17.1 Å². The van der Waals surface area contributed by atoms with Crippen LogP contribution in [0.15, 0.2) is 60.2 Å². The van der Waals surface area contributed by atoms with E-state index < -0.39 is 11.6 Å². The summed E-state index contributed by atoms with van der Waals surface area (Å²) in [6.45, 7) is 0. The summed E-state index contributed by atoms with van der Waals surface area (Å²) in [6, 6.07) is 16.3. The zero-order chi connectivity index (χ0) is 13.7. The largest absolute Gasteiger partial charge is 0.288 e. The fourth-order valence-electron chi connectivity index (χ4n) is 1.64. The summed E-state index contributed by atoms with van der Waals surface area (Å²) in [7, 11) is 0. The number of allylic oxidation sites excluding steroid dienone is 1. The SMILES string of the molecule is N#C/C(=C/c1ccccc1F)C(=O)c1ccccc1. The lowest BCUT2D eigenvalue weighted by Gasteiger charge is -2.00. The zero-order valence-corrected chi connectivity index (χ0v) is 10.0. The number of carbonyl (C=O) groups is 1. The monoisotopic (exact) mass is 251 g/mol. The molecule has 0 saturated carbocycles. The minimum Gasteiger partial charge on any atom is -0.288 e. The Labute approximate surface area is 110 Å². The van der Waals surface area contributed by atoms with Gasteiger partial charge in [-0.1, -0.05) is 48.5 Å². The second kappa shape index (κ2) is 5.74. The predicted octanol–water partition coefficient (Wildman–Crippen LogP) is 3.62. The molecule has 0 spiro atoms. The van der Waals surface area contributed by atoms with Crippen LogP contribution in [0.5, 0.6) is 0 Å². The fraction of sp³-hybridized carbons (Fsp3) is 0. The first kappa shape index (κ1) is 12.7. The average molecular weight is 251 g/mol. The molecule has 2 nitrogen and oxygen atoms in total. The van der Waals surface area contributed by atoms with E-state index in [1.807, 2.05) is 6.07 Å². The summed E-state index contributed by atoms with van der Waals surface area (Å²) in [4.78, 5) is 12.1. The number of nitriles is 1. The summed E-state index contributed by atoms with van der Waals surface area (Å²) in [5.41, 5.74) is 0.547. The van der Waals surface area contributed by atoms with E-state index in [4.69, 9.17) is 5.26 Å². The Bertz CT molecular complexity index is 669. The highest BCUT2D eigenvalue weighted by Gasteiger charge is 2.12. The third-order valence-corrected chi connectivity index (χ3v) is 2.61. The van der Waals surface area contributed by atoms with E-state index in [1.165, 1.54) is 18.2 Å². The van der Waals surface area contributed by atoms with Crippen molar-refractivity contribution in [3.8, 4) is 6.07 Å². The molecule has 0 aliphatic rings. The second-order valence-electron chi connectivity index (χ2n) is 3.89. The average Bonchev–Trinajstić information content (AvgIpc) is 2.47.